The molecule has 0 heterocycles. The van der Waals surface area contributed by atoms with Crippen molar-refractivity contribution in [2.24, 2.45) is 10.4 Å². The molecule has 126 valence electrons. The number of guanidine groups is 1. The van der Waals surface area contributed by atoms with Crippen LogP contribution in [0.2, 0.25) is 0 Å². The highest BCUT2D eigenvalue weighted by molar-refractivity contribution is 5.80. The molecule has 2 aliphatic rings. The van der Waals surface area contributed by atoms with Crippen molar-refractivity contribution in [3.8, 4) is 0 Å². The summed E-state index contributed by atoms with van der Waals surface area (Å²) in [5.74, 6) is 0.547. The van der Waals surface area contributed by atoms with Crippen LogP contribution in [0.3, 0.4) is 0 Å². The largest absolute Gasteiger partial charge is 0.378 e. The minimum Gasteiger partial charge on any atom is -0.378 e. The Morgan fingerprint density at radius 1 is 1.39 bits per heavy atom. The first-order valence-electron chi connectivity index (χ1n) is 8.52. The maximum atomic E-state index is 13.7. The summed E-state index contributed by atoms with van der Waals surface area (Å²) in [6.45, 7) is 3.27. The minimum atomic E-state index is -0.189. The lowest BCUT2D eigenvalue weighted by atomic mass is 9.51. The summed E-state index contributed by atoms with van der Waals surface area (Å²) in [6.07, 6.45) is 5.12. The molecule has 0 amide bonds. The monoisotopic (exact) mass is 319 g/mol. The summed E-state index contributed by atoms with van der Waals surface area (Å²) in [7, 11) is 1.75. The van der Waals surface area contributed by atoms with Crippen LogP contribution in [0.15, 0.2) is 29.3 Å². The van der Waals surface area contributed by atoms with Gasteiger partial charge in [-0.25, -0.2) is 4.39 Å². The summed E-state index contributed by atoms with van der Waals surface area (Å²) in [5.41, 5.74) is 0.931. The second-order valence-electron chi connectivity index (χ2n) is 6.48. The Hall–Kier alpha value is -1.62. The molecule has 2 aliphatic carbocycles. The zero-order valence-electron chi connectivity index (χ0n) is 13.9. The topological polar surface area (TPSA) is 45.6 Å². The maximum Gasteiger partial charge on any atom is 0.191 e. The van der Waals surface area contributed by atoms with Crippen LogP contribution in [-0.4, -0.2) is 31.8 Å². The van der Waals surface area contributed by atoms with E-state index in [9.17, 15) is 4.39 Å². The van der Waals surface area contributed by atoms with Crippen molar-refractivity contribution in [2.45, 2.75) is 51.3 Å². The average Bonchev–Trinajstić information content (AvgIpc) is 2.49. The van der Waals surface area contributed by atoms with Crippen molar-refractivity contribution in [3.05, 3.63) is 35.6 Å². The molecule has 0 saturated heterocycles. The fourth-order valence-electron chi connectivity index (χ4n) is 3.82. The number of hydrogen-bond acceptors (Lipinski definition) is 2. The third-order valence-corrected chi connectivity index (χ3v) is 5.38. The molecule has 5 heteroatoms. The molecule has 2 saturated carbocycles. The molecule has 0 aliphatic heterocycles. The van der Waals surface area contributed by atoms with E-state index in [1.54, 1.807) is 19.2 Å². The summed E-state index contributed by atoms with van der Waals surface area (Å²) in [4.78, 5) is 4.28. The predicted molar refractivity (Wildman–Crippen MR) is 89.8 cm³/mol. The number of rotatable bonds is 5. The smallest absolute Gasteiger partial charge is 0.191 e. The Morgan fingerprint density at radius 3 is 2.78 bits per heavy atom. The molecule has 2 atom stereocenters. The van der Waals surface area contributed by atoms with Crippen LogP contribution >= 0.6 is 0 Å². The number of halogens is 1. The van der Waals surface area contributed by atoms with Crippen LogP contribution in [0.5, 0.6) is 0 Å². The van der Waals surface area contributed by atoms with Crippen LogP contribution in [0.1, 0.15) is 38.2 Å². The van der Waals surface area contributed by atoms with Crippen LogP contribution in [0.4, 0.5) is 4.39 Å². The van der Waals surface area contributed by atoms with Crippen molar-refractivity contribution in [2.75, 3.05) is 13.7 Å². The Kier molecular flexibility index (Phi) is 4.85. The molecule has 1 spiro atoms. The highest BCUT2D eigenvalue weighted by Crippen LogP contribution is 2.57. The molecule has 1 aromatic carbocycles. The number of benzene rings is 1. The summed E-state index contributed by atoms with van der Waals surface area (Å²) in [6, 6.07) is 7.22. The first kappa shape index (κ1) is 16.2. The molecule has 4 nitrogen and oxygen atoms in total. The van der Waals surface area contributed by atoms with E-state index < -0.39 is 0 Å². The van der Waals surface area contributed by atoms with E-state index in [0.29, 0.717) is 24.3 Å². The van der Waals surface area contributed by atoms with Crippen molar-refractivity contribution in [1.29, 1.82) is 0 Å². The number of aliphatic imine (C=N–C) groups is 1. The SMILES string of the molecule is CCOC1CC(NC(=NC)NCc2ccccc2F)C12CCC2. The van der Waals surface area contributed by atoms with E-state index >= 15 is 0 Å². The molecule has 3 rings (SSSR count). The molecule has 0 radical (unpaired) electrons. The third kappa shape index (κ3) is 3.07. The number of nitrogens with one attached hydrogen (secondary N) is 2. The van der Waals surface area contributed by atoms with Gasteiger partial charge in [0.2, 0.25) is 0 Å². The first-order valence-corrected chi connectivity index (χ1v) is 8.52. The zero-order chi connectivity index (χ0) is 16.3. The number of hydrogen-bond donors (Lipinski definition) is 2. The number of nitrogens with zero attached hydrogens (tertiary/aromatic N) is 1. The Morgan fingerprint density at radius 2 is 2.17 bits per heavy atom. The number of ether oxygens (including phenoxy) is 1. The quantitative estimate of drug-likeness (QED) is 0.648. The van der Waals surface area contributed by atoms with Crippen LogP contribution < -0.4 is 10.6 Å². The maximum absolute atomic E-state index is 13.7. The van der Waals surface area contributed by atoms with Gasteiger partial charge in [0.15, 0.2) is 5.96 Å². The van der Waals surface area contributed by atoms with Crippen molar-refractivity contribution < 1.29 is 9.13 Å². The van der Waals surface area contributed by atoms with Crippen LogP contribution in [0.25, 0.3) is 0 Å². The van der Waals surface area contributed by atoms with Crippen molar-refractivity contribution in [1.82, 2.24) is 10.6 Å². The molecular weight excluding hydrogens is 293 g/mol. The molecule has 2 fully saturated rings. The fourth-order valence-corrected chi connectivity index (χ4v) is 3.82. The standard InChI is InChI=1S/C18H26FN3O/c1-3-23-16-11-15(18(16)9-6-10-18)22-17(20-2)21-12-13-7-4-5-8-14(13)19/h4-5,7-8,15-16H,3,6,9-12H2,1-2H3,(H2,20,21,22). The lowest BCUT2D eigenvalue weighted by molar-refractivity contribution is -0.168. The minimum absolute atomic E-state index is 0.189. The van der Waals surface area contributed by atoms with Crippen molar-refractivity contribution in [3.63, 3.8) is 0 Å². The molecule has 0 aromatic heterocycles. The second kappa shape index (κ2) is 6.87. The Labute approximate surface area is 137 Å². The first-order chi connectivity index (χ1) is 11.2. The predicted octanol–water partition coefficient (Wildman–Crippen LogP) is 2.84. The van der Waals surface area contributed by atoms with Crippen LogP contribution in [-0.2, 0) is 11.3 Å². The Bertz CT molecular complexity index is 571. The van der Waals surface area contributed by atoms with Gasteiger partial charge in [-0.1, -0.05) is 24.6 Å². The normalized spacial score (nSPS) is 25.6. The van der Waals surface area contributed by atoms with Gasteiger partial charge in [0.25, 0.3) is 0 Å². The van der Waals surface area contributed by atoms with Gasteiger partial charge < -0.3 is 15.4 Å². The van der Waals surface area contributed by atoms with E-state index in [4.69, 9.17) is 4.74 Å². The lowest BCUT2D eigenvalue weighted by Gasteiger charge is -2.61. The van der Waals surface area contributed by atoms with E-state index in [1.165, 1.54) is 25.3 Å². The molecule has 2 unspecified atom stereocenters. The lowest BCUT2D eigenvalue weighted by Crippen LogP contribution is -2.68. The van der Waals surface area contributed by atoms with E-state index in [-0.39, 0.29) is 11.2 Å². The van der Waals surface area contributed by atoms with E-state index in [0.717, 1.165) is 19.0 Å². The van der Waals surface area contributed by atoms with Crippen molar-refractivity contribution >= 4 is 5.96 Å². The van der Waals surface area contributed by atoms with Gasteiger partial charge in [0.1, 0.15) is 5.82 Å². The molecular formula is C18H26FN3O. The fraction of sp³-hybridized carbons (Fsp3) is 0.611. The summed E-state index contributed by atoms with van der Waals surface area (Å²) >= 11 is 0. The van der Waals surface area contributed by atoms with Gasteiger partial charge in [0.05, 0.1) is 6.10 Å². The molecule has 23 heavy (non-hydrogen) atoms. The van der Waals surface area contributed by atoms with Gasteiger partial charge in [-0.15, -0.1) is 0 Å². The van der Waals surface area contributed by atoms with Gasteiger partial charge in [-0.05, 0) is 32.3 Å². The summed E-state index contributed by atoms with van der Waals surface area (Å²) in [5, 5.41) is 6.73. The highest BCUT2D eigenvalue weighted by atomic mass is 19.1. The third-order valence-electron chi connectivity index (χ3n) is 5.38. The Balaban J connectivity index is 1.55. The highest BCUT2D eigenvalue weighted by Gasteiger charge is 2.59. The zero-order valence-corrected chi connectivity index (χ0v) is 13.9. The van der Waals surface area contributed by atoms with Crippen LogP contribution in [0, 0.1) is 11.2 Å². The van der Waals surface area contributed by atoms with E-state index in [1.807, 2.05) is 6.07 Å². The van der Waals surface area contributed by atoms with Gasteiger partial charge >= 0.3 is 0 Å². The summed E-state index contributed by atoms with van der Waals surface area (Å²) < 4.78 is 19.6. The average molecular weight is 319 g/mol. The van der Waals surface area contributed by atoms with Gasteiger partial charge in [-0.3, -0.25) is 4.99 Å². The molecule has 0 bridgehead atoms. The molecule has 2 N–H and O–H groups in total. The van der Waals surface area contributed by atoms with Gasteiger partial charge in [0, 0.05) is 37.2 Å². The van der Waals surface area contributed by atoms with E-state index in [2.05, 4.69) is 22.5 Å². The molecule has 1 aromatic rings. The van der Waals surface area contributed by atoms with Gasteiger partial charge in [-0.2, -0.15) is 0 Å². The second-order valence-corrected chi connectivity index (χ2v) is 6.48.